The van der Waals surface area contributed by atoms with E-state index >= 15 is 0 Å². The van der Waals surface area contributed by atoms with Gasteiger partial charge >= 0.3 is 6.18 Å². The average molecular weight is 392 g/mol. The second kappa shape index (κ2) is 6.16. The molecule has 0 aromatic carbocycles. The molecule has 2 aromatic rings. The third-order valence-electron chi connectivity index (χ3n) is 3.64. The van der Waals surface area contributed by atoms with Gasteiger partial charge in [-0.3, -0.25) is 4.98 Å². The average Bonchev–Trinajstić information content (AvgIpc) is 2.97. The van der Waals surface area contributed by atoms with Crippen LogP contribution in [-0.4, -0.2) is 23.1 Å². The van der Waals surface area contributed by atoms with Crippen LogP contribution in [-0.2, 0) is 6.18 Å². The number of alkyl halides is 3. The number of anilines is 1. The molecule has 22 heavy (non-hydrogen) atoms. The number of rotatable bonds is 2. The van der Waals surface area contributed by atoms with Crippen molar-refractivity contribution in [3.63, 3.8) is 0 Å². The van der Waals surface area contributed by atoms with Gasteiger partial charge in [0.2, 0.25) is 0 Å². The molecule has 2 aromatic heterocycles. The van der Waals surface area contributed by atoms with Gasteiger partial charge in [0.15, 0.2) is 5.69 Å². The van der Waals surface area contributed by atoms with Gasteiger partial charge in [0, 0.05) is 35.1 Å². The SMILES string of the molecule is FC(F)(F)c1csc(C2CCCN(c3cncc(Br)c3)C2)n1. The first-order valence-electron chi connectivity index (χ1n) is 6.81. The summed E-state index contributed by atoms with van der Waals surface area (Å²) in [6.45, 7) is 1.55. The van der Waals surface area contributed by atoms with Gasteiger partial charge in [0.05, 0.1) is 16.9 Å². The Morgan fingerprint density at radius 2 is 2.14 bits per heavy atom. The minimum absolute atomic E-state index is 0.0360. The molecule has 1 unspecified atom stereocenters. The minimum atomic E-state index is -4.36. The molecule has 1 saturated heterocycles. The van der Waals surface area contributed by atoms with Crippen LogP contribution < -0.4 is 4.90 Å². The summed E-state index contributed by atoms with van der Waals surface area (Å²) in [4.78, 5) is 10.1. The maximum atomic E-state index is 12.7. The van der Waals surface area contributed by atoms with Gasteiger partial charge in [-0.25, -0.2) is 4.98 Å². The molecular weight excluding hydrogens is 379 g/mol. The highest BCUT2D eigenvalue weighted by Crippen LogP contribution is 2.36. The minimum Gasteiger partial charge on any atom is -0.370 e. The van der Waals surface area contributed by atoms with E-state index in [-0.39, 0.29) is 5.92 Å². The normalized spacial score (nSPS) is 19.5. The molecule has 0 saturated carbocycles. The second-order valence-corrected chi connectivity index (χ2v) is 7.02. The van der Waals surface area contributed by atoms with E-state index in [0.29, 0.717) is 11.6 Å². The van der Waals surface area contributed by atoms with Crippen molar-refractivity contribution in [3.8, 4) is 0 Å². The number of thiazole rings is 1. The van der Waals surface area contributed by atoms with Gasteiger partial charge in [0.25, 0.3) is 0 Å². The lowest BCUT2D eigenvalue weighted by atomic mass is 9.98. The first-order valence-corrected chi connectivity index (χ1v) is 8.49. The van der Waals surface area contributed by atoms with Crippen LogP contribution in [0.2, 0.25) is 0 Å². The zero-order valence-electron chi connectivity index (χ0n) is 11.5. The number of pyridine rings is 1. The molecule has 1 atom stereocenters. The summed E-state index contributed by atoms with van der Waals surface area (Å²) in [7, 11) is 0. The molecule has 1 aliphatic rings. The monoisotopic (exact) mass is 391 g/mol. The highest BCUT2D eigenvalue weighted by atomic mass is 79.9. The second-order valence-electron chi connectivity index (χ2n) is 5.22. The van der Waals surface area contributed by atoms with Crippen LogP contribution in [0, 0.1) is 0 Å². The van der Waals surface area contributed by atoms with E-state index in [9.17, 15) is 13.2 Å². The fraction of sp³-hybridized carbons (Fsp3) is 0.429. The Hall–Kier alpha value is -1.15. The van der Waals surface area contributed by atoms with Crippen molar-refractivity contribution in [1.29, 1.82) is 0 Å². The van der Waals surface area contributed by atoms with Crippen molar-refractivity contribution in [2.75, 3.05) is 18.0 Å². The molecule has 1 fully saturated rings. The van der Waals surface area contributed by atoms with Crippen molar-refractivity contribution in [2.45, 2.75) is 24.9 Å². The van der Waals surface area contributed by atoms with Crippen molar-refractivity contribution in [1.82, 2.24) is 9.97 Å². The summed E-state index contributed by atoms with van der Waals surface area (Å²) in [6.07, 6.45) is 0.912. The molecule has 0 amide bonds. The van der Waals surface area contributed by atoms with Gasteiger partial charge in [-0.05, 0) is 34.8 Å². The summed E-state index contributed by atoms with van der Waals surface area (Å²) in [5, 5.41) is 1.68. The van der Waals surface area contributed by atoms with E-state index in [2.05, 4.69) is 30.8 Å². The Morgan fingerprint density at radius 3 is 2.82 bits per heavy atom. The van der Waals surface area contributed by atoms with Crippen molar-refractivity contribution >= 4 is 33.0 Å². The van der Waals surface area contributed by atoms with Crippen molar-refractivity contribution in [2.24, 2.45) is 0 Å². The maximum Gasteiger partial charge on any atom is 0.434 e. The van der Waals surface area contributed by atoms with E-state index in [1.54, 1.807) is 12.4 Å². The Labute approximate surface area is 138 Å². The number of hydrogen-bond donors (Lipinski definition) is 0. The maximum absolute atomic E-state index is 12.7. The summed E-state index contributed by atoms with van der Waals surface area (Å²) in [5.41, 5.74) is 0.195. The highest BCUT2D eigenvalue weighted by molar-refractivity contribution is 9.10. The number of piperidine rings is 1. The molecule has 0 bridgehead atoms. The van der Waals surface area contributed by atoms with Crippen molar-refractivity contribution in [3.05, 3.63) is 39.0 Å². The smallest absolute Gasteiger partial charge is 0.370 e. The Balaban J connectivity index is 1.77. The lowest BCUT2D eigenvalue weighted by molar-refractivity contribution is -0.140. The predicted octanol–water partition coefficient (Wildman–Crippen LogP) is 4.70. The molecule has 0 aliphatic carbocycles. The lowest BCUT2D eigenvalue weighted by Gasteiger charge is -2.33. The summed E-state index contributed by atoms with van der Waals surface area (Å²) < 4.78 is 38.9. The van der Waals surface area contributed by atoms with Gasteiger partial charge in [-0.2, -0.15) is 13.2 Å². The largest absolute Gasteiger partial charge is 0.434 e. The van der Waals surface area contributed by atoms with Gasteiger partial charge in [-0.1, -0.05) is 0 Å². The Kier molecular flexibility index (Phi) is 4.40. The Morgan fingerprint density at radius 1 is 1.32 bits per heavy atom. The van der Waals surface area contributed by atoms with E-state index in [4.69, 9.17) is 0 Å². The standard InChI is InChI=1S/C14H13BrF3N3S/c15-10-4-11(6-19-5-10)21-3-1-2-9(7-21)13-20-12(8-22-13)14(16,17)18/h4-6,8-9H,1-3,7H2. The molecule has 0 N–H and O–H groups in total. The fourth-order valence-electron chi connectivity index (χ4n) is 2.59. The Bertz CT molecular complexity index is 659. The summed E-state index contributed by atoms with van der Waals surface area (Å²) >= 11 is 4.49. The third-order valence-corrected chi connectivity index (χ3v) is 5.08. The first-order chi connectivity index (χ1) is 10.4. The molecule has 0 radical (unpaired) electrons. The molecule has 3 heterocycles. The lowest BCUT2D eigenvalue weighted by Crippen LogP contribution is -2.34. The number of halogens is 4. The molecule has 118 valence electrons. The first kappa shape index (κ1) is 15.7. The van der Waals surface area contributed by atoms with E-state index in [1.165, 1.54) is 0 Å². The quantitative estimate of drug-likeness (QED) is 0.742. The van der Waals surface area contributed by atoms with Gasteiger partial charge < -0.3 is 4.90 Å². The van der Waals surface area contributed by atoms with Crippen LogP contribution >= 0.6 is 27.3 Å². The van der Waals surface area contributed by atoms with Gasteiger partial charge in [0.1, 0.15) is 0 Å². The van der Waals surface area contributed by atoms with E-state index < -0.39 is 11.9 Å². The van der Waals surface area contributed by atoms with Crippen LogP contribution in [0.15, 0.2) is 28.3 Å². The molecule has 3 nitrogen and oxygen atoms in total. The number of aromatic nitrogens is 2. The highest BCUT2D eigenvalue weighted by Gasteiger charge is 2.35. The molecular formula is C14H13BrF3N3S. The molecule has 8 heteroatoms. The summed E-state index contributed by atoms with van der Waals surface area (Å²) in [6, 6.07) is 1.97. The summed E-state index contributed by atoms with van der Waals surface area (Å²) in [5.74, 6) is 0.0360. The van der Waals surface area contributed by atoms with Gasteiger partial charge in [-0.15, -0.1) is 11.3 Å². The van der Waals surface area contributed by atoms with E-state index in [0.717, 1.165) is 46.3 Å². The zero-order chi connectivity index (χ0) is 15.7. The number of hydrogen-bond acceptors (Lipinski definition) is 4. The predicted molar refractivity (Wildman–Crippen MR) is 83.2 cm³/mol. The van der Waals surface area contributed by atoms with Crippen LogP contribution in [0.5, 0.6) is 0 Å². The third kappa shape index (κ3) is 3.43. The van der Waals surface area contributed by atoms with Crippen LogP contribution in [0.1, 0.15) is 29.5 Å². The van der Waals surface area contributed by atoms with E-state index in [1.807, 2.05) is 6.07 Å². The number of nitrogens with zero attached hydrogens (tertiary/aromatic N) is 3. The van der Waals surface area contributed by atoms with Crippen LogP contribution in [0.25, 0.3) is 0 Å². The van der Waals surface area contributed by atoms with Crippen molar-refractivity contribution < 1.29 is 13.2 Å². The molecule has 1 aliphatic heterocycles. The molecule has 0 spiro atoms. The molecule has 3 rings (SSSR count). The zero-order valence-corrected chi connectivity index (χ0v) is 13.9. The topological polar surface area (TPSA) is 29.0 Å². The van der Waals surface area contributed by atoms with Crippen LogP contribution in [0.3, 0.4) is 0 Å². The van der Waals surface area contributed by atoms with Crippen LogP contribution in [0.4, 0.5) is 18.9 Å². The fourth-order valence-corrected chi connectivity index (χ4v) is 3.90.